The number of carbonyl (C=O) groups excluding carboxylic acids is 2. The first-order valence-corrected chi connectivity index (χ1v) is 10.6. The molecule has 146 valence electrons. The maximum Gasteiger partial charge on any atom is 0.326 e. The molecule has 0 bridgehead atoms. The average Bonchev–Trinajstić information content (AvgIpc) is 2.93. The van der Waals surface area contributed by atoms with Crippen LogP contribution in [0.4, 0.5) is 0 Å². The number of fused-ring (bicyclic) bond motifs is 1. The first-order valence-electron chi connectivity index (χ1n) is 9.81. The average molecular weight is 389 g/mol. The Morgan fingerprint density at radius 3 is 2.59 bits per heavy atom. The van der Waals surface area contributed by atoms with E-state index < -0.39 is 0 Å². The molecule has 1 aromatic heterocycles. The standard InChI is InChI=1S/C21H28N2O3S/c1-4-26-20(25)13-23-17-10-14(2)15(3)11-18(17)27-21(23)22-19(24)12-16-8-6-5-7-9-16/h10-11,16H,4-9,12-13H2,1-3H3. The van der Waals surface area contributed by atoms with Crippen molar-refractivity contribution in [2.45, 2.75) is 65.8 Å². The van der Waals surface area contributed by atoms with Crippen LogP contribution in [0.3, 0.4) is 0 Å². The Balaban J connectivity index is 1.96. The summed E-state index contributed by atoms with van der Waals surface area (Å²) in [5, 5.41) is 0. The molecule has 0 atom stereocenters. The van der Waals surface area contributed by atoms with Crippen LogP contribution in [0.5, 0.6) is 0 Å². The first-order chi connectivity index (χ1) is 13.0. The molecule has 1 saturated carbocycles. The zero-order chi connectivity index (χ0) is 19.4. The third-order valence-corrected chi connectivity index (χ3v) is 6.34. The van der Waals surface area contributed by atoms with E-state index in [0.29, 0.717) is 23.7 Å². The van der Waals surface area contributed by atoms with Gasteiger partial charge in [-0.2, -0.15) is 4.99 Å². The van der Waals surface area contributed by atoms with E-state index in [1.807, 2.05) is 11.5 Å². The Bertz CT molecular complexity index is 904. The lowest BCUT2D eigenvalue weighted by atomic mass is 9.87. The van der Waals surface area contributed by atoms with Crippen LogP contribution in [0, 0.1) is 19.8 Å². The molecule has 1 heterocycles. The number of thiazole rings is 1. The number of nitrogens with zero attached hydrogens (tertiary/aromatic N) is 2. The monoisotopic (exact) mass is 388 g/mol. The molecule has 1 amide bonds. The molecule has 0 spiro atoms. The molecule has 1 fully saturated rings. The third-order valence-electron chi connectivity index (χ3n) is 5.30. The van der Waals surface area contributed by atoms with Gasteiger partial charge in [-0.3, -0.25) is 9.59 Å². The fourth-order valence-corrected chi connectivity index (χ4v) is 4.81. The summed E-state index contributed by atoms with van der Waals surface area (Å²) in [6, 6.07) is 4.16. The molecule has 3 rings (SSSR count). The number of aryl methyl sites for hydroxylation is 2. The molecule has 0 radical (unpaired) electrons. The molecule has 0 saturated heterocycles. The molecular weight excluding hydrogens is 360 g/mol. The minimum absolute atomic E-state index is 0.0753. The molecule has 1 aromatic carbocycles. The van der Waals surface area contributed by atoms with Gasteiger partial charge in [0.05, 0.1) is 16.8 Å². The largest absolute Gasteiger partial charge is 0.465 e. The number of hydrogen-bond acceptors (Lipinski definition) is 4. The number of rotatable bonds is 5. The summed E-state index contributed by atoms with van der Waals surface area (Å²) in [4.78, 5) is 29.6. The van der Waals surface area contributed by atoms with Gasteiger partial charge in [-0.1, -0.05) is 30.6 Å². The fraction of sp³-hybridized carbons (Fsp3) is 0.571. The van der Waals surface area contributed by atoms with Crippen molar-refractivity contribution in [3.05, 3.63) is 28.1 Å². The van der Waals surface area contributed by atoms with Crippen LogP contribution in [0.25, 0.3) is 10.2 Å². The van der Waals surface area contributed by atoms with Gasteiger partial charge in [0, 0.05) is 6.42 Å². The van der Waals surface area contributed by atoms with E-state index in [9.17, 15) is 9.59 Å². The minimum Gasteiger partial charge on any atom is -0.465 e. The summed E-state index contributed by atoms with van der Waals surface area (Å²) in [5.41, 5.74) is 3.27. The van der Waals surface area contributed by atoms with Crippen molar-refractivity contribution in [1.82, 2.24) is 4.57 Å². The van der Waals surface area contributed by atoms with Crippen molar-refractivity contribution in [2.24, 2.45) is 10.9 Å². The summed E-state index contributed by atoms with van der Waals surface area (Å²) in [6.07, 6.45) is 6.44. The van der Waals surface area contributed by atoms with Crippen molar-refractivity contribution < 1.29 is 14.3 Å². The maximum absolute atomic E-state index is 12.6. The number of esters is 1. The molecule has 2 aromatic rings. The second kappa shape index (κ2) is 8.83. The SMILES string of the molecule is CCOC(=O)Cn1c(=NC(=O)CC2CCCCC2)sc2cc(C)c(C)cc21. The van der Waals surface area contributed by atoms with E-state index in [2.05, 4.69) is 24.0 Å². The summed E-state index contributed by atoms with van der Waals surface area (Å²) in [7, 11) is 0. The Hall–Kier alpha value is -1.95. The second-order valence-electron chi connectivity index (χ2n) is 7.39. The van der Waals surface area contributed by atoms with Gasteiger partial charge in [0.15, 0.2) is 4.80 Å². The number of aromatic nitrogens is 1. The van der Waals surface area contributed by atoms with Crippen molar-refractivity contribution in [1.29, 1.82) is 0 Å². The zero-order valence-corrected chi connectivity index (χ0v) is 17.2. The Kier molecular flexibility index (Phi) is 6.47. The highest BCUT2D eigenvalue weighted by Crippen LogP contribution is 2.27. The molecule has 0 N–H and O–H groups in total. The maximum atomic E-state index is 12.6. The van der Waals surface area contributed by atoms with Crippen LogP contribution in [-0.2, 0) is 20.9 Å². The normalized spacial score (nSPS) is 16.0. The van der Waals surface area contributed by atoms with Crippen LogP contribution < -0.4 is 4.80 Å². The number of ether oxygens (including phenoxy) is 1. The quantitative estimate of drug-likeness (QED) is 0.718. The molecule has 0 unspecified atom stereocenters. The van der Waals surface area contributed by atoms with Crippen molar-refractivity contribution in [2.75, 3.05) is 6.61 Å². The van der Waals surface area contributed by atoms with Gasteiger partial charge in [-0.15, -0.1) is 0 Å². The van der Waals surface area contributed by atoms with Gasteiger partial charge in [-0.25, -0.2) is 0 Å². The van der Waals surface area contributed by atoms with Crippen LogP contribution in [0.15, 0.2) is 17.1 Å². The lowest BCUT2D eigenvalue weighted by Gasteiger charge is -2.19. The van der Waals surface area contributed by atoms with Crippen molar-refractivity contribution in [3.8, 4) is 0 Å². The Morgan fingerprint density at radius 1 is 1.19 bits per heavy atom. The van der Waals surface area contributed by atoms with Gasteiger partial charge >= 0.3 is 5.97 Å². The number of benzene rings is 1. The molecule has 1 aliphatic carbocycles. The number of carbonyl (C=O) groups is 2. The number of hydrogen-bond donors (Lipinski definition) is 0. The van der Waals surface area contributed by atoms with Crippen molar-refractivity contribution >= 4 is 33.4 Å². The van der Waals surface area contributed by atoms with Crippen LogP contribution >= 0.6 is 11.3 Å². The van der Waals surface area contributed by atoms with Crippen molar-refractivity contribution in [3.63, 3.8) is 0 Å². The minimum atomic E-state index is -0.309. The Morgan fingerprint density at radius 2 is 1.89 bits per heavy atom. The predicted octanol–water partition coefficient (Wildman–Crippen LogP) is 4.28. The lowest BCUT2D eigenvalue weighted by molar-refractivity contribution is -0.143. The van der Waals surface area contributed by atoms with E-state index >= 15 is 0 Å². The van der Waals surface area contributed by atoms with Gasteiger partial charge in [-0.05, 0) is 62.8 Å². The topological polar surface area (TPSA) is 60.7 Å². The molecule has 1 aliphatic rings. The van der Waals surface area contributed by atoms with Crippen LogP contribution in [0.1, 0.15) is 56.6 Å². The fourth-order valence-electron chi connectivity index (χ4n) is 3.69. The van der Waals surface area contributed by atoms with E-state index in [-0.39, 0.29) is 18.4 Å². The highest BCUT2D eigenvalue weighted by atomic mass is 32.1. The van der Waals surface area contributed by atoms with Gasteiger partial charge in [0.25, 0.3) is 0 Å². The summed E-state index contributed by atoms with van der Waals surface area (Å²) >= 11 is 1.46. The van der Waals surface area contributed by atoms with E-state index in [1.54, 1.807) is 6.92 Å². The highest BCUT2D eigenvalue weighted by molar-refractivity contribution is 7.16. The van der Waals surface area contributed by atoms with E-state index in [1.165, 1.54) is 36.2 Å². The highest BCUT2D eigenvalue weighted by Gasteiger charge is 2.18. The van der Waals surface area contributed by atoms with E-state index in [0.717, 1.165) is 28.6 Å². The first kappa shape index (κ1) is 19.8. The smallest absolute Gasteiger partial charge is 0.326 e. The van der Waals surface area contributed by atoms with Crippen LogP contribution in [0.2, 0.25) is 0 Å². The lowest BCUT2D eigenvalue weighted by Crippen LogP contribution is -2.23. The van der Waals surface area contributed by atoms with Gasteiger partial charge < -0.3 is 9.30 Å². The predicted molar refractivity (Wildman–Crippen MR) is 108 cm³/mol. The summed E-state index contributed by atoms with van der Waals surface area (Å²) in [5.74, 6) is 0.0588. The summed E-state index contributed by atoms with van der Waals surface area (Å²) < 4.78 is 7.97. The van der Waals surface area contributed by atoms with Crippen LogP contribution in [-0.4, -0.2) is 23.1 Å². The second-order valence-corrected chi connectivity index (χ2v) is 8.40. The summed E-state index contributed by atoms with van der Waals surface area (Å²) in [6.45, 7) is 6.32. The van der Waals surface area contributed by atoms with Gasteiger partial charge in [0.2, 0.25) is 5.91 Å². The zero-order valence-electron chi connectivity index (χ0n) is 16.4. The Labute approximate surface area is 164 Å². The molecule has 27 heavy (non-hydrogen) atoms. The number of amides is 1. The molecule has 5 nitrogen and oxygen atoms in total. The molecule has 6 heteroatoms. The van der Waals surface area contributed by atoms with Gasteiger partial charge in [0.1, 0.15) is 6.54 Å². The molecular formula is C21H28N2O3S. The van der Waals surface area contributed by atoms with E-state index in [4.69, 9.17) is 4.74 Å². The third kappa shape index (κ3) is 4.86. The molecule has 0 aliphatic heterocycles.